The van der Waals surface area contributed by atoms with Gasteiger partial charge in [-0.2, -0.15) is 0 Å². The van der Waals surface area contributed by atoms with Gasteiger partial charge < -0.3 is 36.6 Å². The Morgan fingerprint density at radius 1 is 0.917 bits per heavy atom. The van der Waals surface area contributed by atoms with Crippen LogP contribution >= 0.6 is 0 Å². The van der Waals surface area contributed by atoms with E-state index in [2.05, 4.69) is 76.6 Å². The summed E-state index contributed by atoms with van der Waals surface area (Å²) in [5.74, 6) is 2.54. The molecule has 0 aromatic heterocycles. The molecule has 6 atom stereocenters. The molecule has 3 aromatic carbocycles. The number of phenolic OH excluding ortho intramolecular Hbond substituents is 1. The number of aliphatic hydroxyl groups excluding tert-OH is 1. The number of aryl methyl sites for hydroxylation is 3. The third kappa shape index (κ3) is 11.9. The van der Waals surface area contributed by atoms with E-state index >= 15 is 0 Å². The standard InChI is InChI=1S/C51H64N4O5/c52-50-30-39(19-18-37-12-7-11-36(25-37)17-16-35-9-3-1-4-10-35)42(33-55-50)27-41-28-48(59)49(60-34-56)29-38(41)20-21-45(58)31-44(57)14-5-2-6-15-47-46-22-24-53-32-43(46)26-40-13-8-23-54-51(40)47/h1,3-4,7-13,20-21,25,28-30,33,40,43,46-47,50-51,53-56,59H,2,5-6,14-19,22-24,26-27,31-32,34,52H2. The number of dihydropyridines is 1. The zero-order valence-electron chi connectivity index (χ0n) is 35.0. The molecule has 1 saturated heterocycles. The fraction of sp³-hybridized carbons (Fsp3) is 0.451. The quantitative estimate of drug-likeness (QED) is 0.0228. The van der Waals surface area contributed by atoms with E-state index in [9.17, 15) is 19.8 Å². The molecular formula is C51H64N4O5. The van der Waals surface area contributed by atoms with Crippen LogP contribution in [0, 0.1) is 23.7 Å². The van der Waals surface area contributed by atoms with E-state index in [0.29, 0.717) is 36.3 Å². The van der Waals surface area contributed by atoms with Crippen LogP contribution in [0.15, 0.2) is 108 Å². The van der Waals surface area contributed by atoms with Crippen LogP contribution in [0.5, 0.6) is 11.5 Å². The first-order chi connectivity index (χ1) is 29.3. The number of nitrogens with one attached hydrogen (secondary N) is 3. The van der Waals surface area contributed by atoms with E-state index in [-0.39, 0.29) is 35.7 Å². The van der Waals surface area contributed by atoms with Gasteiger partial charge in [0.05, 0.1) is 12.6 Å². The lowest BCUT2D eigenvalue weighted by Crippen LogP contribution is -2.55. The summed E-state index contributed by atoms with van der Waals surface area (Å²) in [5, 5.41) is 31.0. The molecule has 4 aliphatic rings. The molecule has 3 aliphatic heterocycles. The number of hydrogen-bond donors (Lipinski definition) is 6. The van der Waals surface area contributed by atoms with Crippen molar-refractivity contribution in [3.63, 3.8) is 0 Å². The lowest BCUT2D eigenvalue weighted by molar-refractivity contribution is -0.124. The van der Waals surface area contributed by atoms with Crippen molar-refractivity contribution < 1.29 is 24.5 Å². The third-order valence-corrected chi connectivity index (χ3v) is 13.2. The second-order valence-electron chi connectivity index (χ2n) is 17.3. The summed E-state index contributed by atoms with van der Waals surface area (Å²) in [5.41, 5.74) is 13.8. The van der Waals surface area contributed by atoms with E-state index < -0.39 is 6.79 Å². The number of aliphatic hydroxyl groups is 1. The SMILES string of the molecule is NC1C=C(CCc2cccc(CCc3ccccc3)c2)C(Cc2cc(O)c(OCO)cc2C=CC(=O)CC(=O)CCCCCC2C3CCNCC3CC3C=CCNC32)=CN1. The number of unbranched alkanes of at least 4 members (excludes halogenated alkanes) is 2. The fourth-order valence-corrected chi connectivity index (χ4v) is 10.1. The minimum Gasteiger partial charge on any atom is -0.504 e. The second-order valence-corrected chi connectivity index (χ2v) is 17.3. The normalized spacial score (nSPS) is 23.6. The number of nitrogens with two attached hydrogens (primary N) is 1. The Bertz CT molecular complexity index is 2040. The monoisotopic (exact) mass is 812 g/mol. The van der Waals surface area contributed by atoms with E-state index in [1.807, 2.05) is 18.3 Å². The summed E-state index contributed by atoms with van der Waals surface area (Å²) >= 11 is 0. The number of fused-ring (bicyclic) bond motifs is 2. The van der Waals surface area contributed by atoms with Gasteiger partial charge in [0.25, 0.3) is 0 Å². The maximum atomic E-state index is 13.1. The molecule has 7 rings (SSSR count). The molecule has 7 N–H and O–H groups in total. The van der Waals surface area contributed by atoms with E-state index in [1.54, 1.807) is 18.2 Å². The zero-order valence-corrected chi connectivity index (χ0v) is 35.0. The summed E-state index contributed by atoms with van der Waals surface area (Å²) in [6.07, 6.45) is 22.5. The van der Waals surface area contributed by atoms with Crippen molar-refractivity contribution >= 4 is 17.6 Å². The van der Waals surface area contributed by atoms with Gasteiger partial charge in [-0.1, -0.05) is 85.7 Å². The molecule has 3 heterocycles. The number of hydrogen-bond acceptors (Lipinski definition) is 9. The lowest BCUT2D eigenvalue weighted by Gasteiger charge is -2.50. The fourth-order valence-electron chi connectivity index (χ4n) is 10.1. The molecule has 0 radical (unpaired) electrons. The van der Waals surface area contributed by atoms with Crippen molar-refractivity contribution in [1.82, 2.24) is 16.0 Å². The van der Waals surface area contributed by atoms with Gasteiger partial charge in [-0.05, 0) is 158 Å². The van der Waals surface area contributed by atoms with Crippen LogP contribution in [-0.4, -0.2) is 60.4 Å². The van der Waals surface area contributed by atoms with E-state index in [1.165, 1.54) is 42.0 Å². The van der Waals surface area contributed by atoms with E-state index in [4.69, 9.17) is 10.5 Å². The highest BCUT2D eigenvalue weighted by Crippen LogP contribution is 2.45. The van der Waals surface area contributed by atoms with E-state index in [0.717, 1.165) is 93.1 Å². The largest absolute Gasteiger partial charge is 0.504 e. The number of Topliss-reactive ketones (excluding diaryl/α,β-unsaturated/α-hetero) is 1. The molecule has 60 heavy (non-hydrogen) atoms. The van der Waals surface area contributed by atoms with Gasteiger partial charge in [-0.3, -0.25) is 9.59 Å². The first-order valence-electron chi connectivity index (χ1n) is 22.3. The summed E-state index contributed by atoms with van der Waals surface area (Å²) in [7, 11) is 0. The molecule has 0 spiro atoms. The topological polar surface area (TPSA) is 146 Å². The van der Waals surface area contributed by atoms with Gasteiger partial charge in [0.2, 0.25) is 0 Å². The first kappa shape index (κ1) is 43.3. The molecule has 1 saturated carbocycles. The number of carbonyl (C=O) groups is 2. The number of phenols is 1. The molecular weight excluding hydrogens is 749 g/mol. The van der Waals surface area contributed by atoms with Crippen molar-refractivity contribution in [2.75, 3.05) is 26.4 Å². The van der Waals surface area contributed by atoms with Gasteiger partial charge in [0.15, 0.2) is 24.1 Å². The Hall–Kier alpha value is -4.80. The van der Waals surface area contributed by atoms with Crippen LogP contribution in [0.25, 0.3) is 6.08 Å². The van der Waals surface area contributed by atoms with Gasteiger partial charge in [-0.15, -0.1) is 0 Å². The van der Waals surface area contributed by atoms with Crippen molar-refractivity contribution in [2.24, 2.45) is 29.4 Å². The molecule has 3 aromatic rings. The Morgan fingerprint density at radius 3 is 2.55 bits per heavy atom. The Labute approximate surface area is 356 Å². The van der Waals surface area contributed by atoms with Crippen LogP contribution in [-0.2, 0) is 35.3 Å². The number of allylic oxidation sites excluding steroid dienone is 3. The van der Waals surface area contributed by atoms with Crippen molar-refractivity contribution in [2.45, 2.75) is 95.7 Å². The summed E-state index contributed by atoms with van der Waals surface area (Å²) in [6.45, 7) is 2.61. The molecule has 0 amide bonds. The highest BCUT2D eigenvalue weighted by atomic mass is 16.6. The molecule has 1 aliphatic carbocycles. The number of carbonyl (C=O) groups excluding carboxylic acids is 2. The molecule has 9 nitrogen and oxygen atoms in total. The summed E-state index contributed by atoms with van der Waals surface area (Å²) < 4.78 is 5.29. The number of ether oxygens (including phenoxy) is 1. The van der Waals surface area contributed by atoms with Crippen molar-refractivity contribution in [1.29, 1.82) is 0 Å². The number of rotatable bonds is 20. The maximum absolute atomic E-state index is 13.1. The van der Waals surface area contributed by atoms with Gasteiger partial charge in [0, 0.05) is 25.2 Å². The smallest absolute Gasteiger partial charge is 0.186 e. The summed E-state index contributed by atoms with van der Waals surface area (Å²) in [6, 6.07) is 23.1. The molecule has 318 valence electrons. The second kappa shape index (κ2) is 21.6. The summed E-state index contributed by atoms with van der Waals surface area (Å²) in [4.78, 5) is 26.1. The third-order valence-electron chi connectivity index (χ3n) is 13.2. The Morgan fingerprint density at radius 2 is 1.72 bits per heavy atom. The average Bonchev–Trinajstić information content (AvgIpc) is 3.26. The Balaban J connectivity index is 0.922. The minimum atomic E-state index is -0.606. The maximum Gasteiger partial charge on any atom is 0.186 e. The highest BCUT2D eigenvalue weighted by molar-refractivity contribution is 6.06. The van der Waals surface area contributed by atoms with Gasteiger partial charge >= 0.3 is 0 Å². The van der Waals surface area contributed by atoms with Gasteiger partial charge in [-0.25, -0.2) is 0 Å². The predicted octanol–water partition coefficient (Wildman–Crippen LogP) is 7.26. The molecule has 2 fully saturated rings. The van der Waals surface area contributed by atoms with Crippen LogP contribution < -0.4 is 26.4 Å². The first-order valence-corrected chi connectivity index (χ1v) is 22.3. The van der Waals surface area contributed by atoms with Crippen LogP contribution in [0.2, 0.25) is 0 Å². The van der Waals surface area contributed by atoms with Crippen LogP contribution in [0.3, 0.4) is 0 Å². The predicted molar refractivity (Wildman–Crippen MR) is 239 cm³/mol. The number of ketones is 2. The average molecular weight is 813 g/mol. The molecule has 9 heteroatoms. The number of aromatic hydroxyl groups is 1. The molecule has 6 unspecified atom stereocenters. The number of benzene rings is 3. The minimum absolute atomic E-state index is 0.0404. The lowest BCUT2D eigenvalue weighted by atomic mass is 9.61. The van der Waals surface area contributed by atoms with Gasteiger partial charge in [0.1, 0.15) is 5.78 Å². The van der Waals surface area contributed by atoms with Crippen molar-refractivity contribution in [3.05, 3.63) is 136 Å². The highest BCUT2D eigenvalue weighted by Gasteiger charge is 2.44. The van der Waals surface area contributed by atoms with Crippen LogP contribution in [0.4, 0.5) is 0 Å². The molecule has 0 bridgehead atoms. The van der Waals surface area contributed by atoms with Crippen molar-refractivity contribution in [3.8, 4) is 11.5 Å². The Kier molecular flexibility index (Phi) is 15.6. The number of piperidine rings is 1. The zero-order chi connectivity index (χ0) is 41.7. The van der Waals surface area contributed by atoms with Crippen LogP contribution in [0.1, 0.15) is 85.6 Å².